The number of hydrogen-bond acceptors (Lipinski definition) is 4. The Morgan fingerprint density at radius 1 is 1.30 bits per heavy atom. The minimum atomic E-state index is -0.573. The van der Waals surface area contributed by atoms with Crippen molar-refractivity contribution in [3.63, 3.8) is 0 Å². The summed E-state index contributed by atoms with van der Waals surface area (Å²) in [5.41, 5.74) is -0.573. The van der Waals surface area contributed by atoms with Gasteiger partial charge in [0, 0.05) is 38.5 Å². The van der Waals surface area contributed by atoms with Gasteiger partial charge in [-0.3, -0.25) is 14.6 Å². The Balaban J connectivity index is 2.11. The molecule has 6 heteroatoms. The smallest absolute Gasteiger partial charge is 0.310 e. The maximum atomic E-state index is 12.5. The van der Waals surface area contributed by atoms with E-state index >= 15 is 0 Å². The quantitative estimate of drug-likeness (QED) is 0.738. The Labute approximate surface area is 125 Å². The van der Waals surface area contributed by atoms with Crippen molar-refractivity contribution in [3.8, 4) is 0 Å². The van der Waals surface area contributed by atoms with Crippen LogP contribution in [0.25, 0.3) is 0 Å². The molecule has 2 saturated heterocycles. The van der Waals surface area contributed by atoms with Crippen LogP contribution >= 0.6 is 11.8 Å². The summed E-state index contributed by atoms with van der Waals surface area (Å²) in [6, 6.07) is 0.394. The van der Waals surface area contributed by atoms with E-state index in [1.165, 1.54) is 4.90 Å². The van der Waals surface area contributed by atoms with Crippen molar-refractivity contribution in [1.82, 2.24) is 14.7 Å². The summed E-state index contributed by atoms with van der Waals surface area (Å²) < 4.78 is 0. The molecular formula is C14H25N3O2S. The minimum Gasteiger partial charge on any atom is -0.310 e. The number of carbonyl (C=O) groups excluding carboxylic acids is 2. The van der Waals surface area contributed by atoms with E-state index in [4.69, 9.17) is 0 Å². The average molecular weight is 299 g/mol. The summed E-state index contributed by atoms with van der Waals surface area (Å²) >= 11 is 1.85. The van der Waals surface area contributed by atoms with Crippen molar-refractivity contribution in [3.05, 3.63) is 0 Å². The fourth-order valence-corrected chi connectivity index (χ4v) is 4.17. The van der Waals surface area contributed by atoms with Crippen molar-refractivity contribution in [2.24, 2.45) is 0 Å². The molecule has 2 fully saturated rings. The molecule has 0 N–H and O–H groups in total. The number of nitrogens with zero attached hydrogens (tertiary/aromatic N) is 3. The second-order valence-corrected chi connectivity index (χ2v) is 6.67. The van der Waals surface area contributed by atoms with Crippen molar-refractivity contribution >= 4 is 23.7 Å². The third kappa shape index (κ3) is 2.33. The monoisotopic (exact) mass is 299 g/mol. The van der Waals surface area contributed by atoms with E-state index in [1.807, 2.05) is 18.7 Å². The Bertz CT molecular complexity index is 394. The van der Waals surface area contributed by atoms with Gasteiger partial charge in [0.25, 0.3) is 5.91 Å². The lowest BCUT2D eigenvalue weighted by molar-refractivity contribution is -0.135. The fraction of sp³-hybridized carbons (Fsp3) is 0.857. The number of hydrogen-bond donors (Lipinski definition) is 0. The molecule has 0 aromatic carbocycles. The van der Waals surface area contributed by atoms with Crippen LogP contribution < -0.4 is 0 Å². The van der Waals surface area contributed by atoms with Crippen LogP contribution in [0.1, 0.15) is 26.7 Å². The third-order valence-electron chi connectivity index (χ3n) is 4.71. The molecule has 0 bridgehead atoms. The number of carbonyl (C=O) groups is 2. The van der Waals surface area contributed by atoms with Crippen LogP contribution in [0, 0.1) is 0 Å². The van der Waals surface area contributed by atoms with E-state index in [1.54, 1.807) is 11.9 Å². The number of piperidine rings is 1. The first kappa shape index (κ1) is 15.6. The minimum absolute atomic E-state index is 0.0125. The Hall–Kier alpha value is -0.750. The van der Waals surface area contributed by atoms with E-state index in [0.717, 1.165) is 31.7 Å². The van der Waals surface area contributed by atoms with Gasteiger partial charge in [0.15, 0.2) is 0 Å². The topological polar surface area (TPSA) is 43.9 Å². The van der Waals surface area contributed by atoms with Crippen molar-refractivity contribution < 1.29 is 9.59 Å². The number of likely N-dealkylation sites (tertiary alicyclic amines) is 1. The molecule has 2 aliphatic rings. The molecule has 0 radical (unpaired) electrons. The number of urea groups is 1. The summed E-state index contributed by atoms with van der Waals surface area (Å²) in [5, 5.41) is 0. The van der Waals surface area contributed by atoms with Gasteiger partial charge >= 0.3 is 6.03 Å². The van der Waals surface area contributed by atoms with Crippen LogP contribution in [0.2, 0.25) is 0 Å². The molecule has 1 atom stereocenters. The molecule has 3 amide bonds. The first-order valence-corrected chi connectivity index (χ1v) is 8.70. The molecule has 5 nitrogen and oxygen atoms in total. The van der Waals surface area contributed by atoms with Gasteiger partial charge in [0.1, 0.15) is 5.54 Å². The summed E-state index contributed by atoms with van der Waals surface area (Å²) in [5.74, 6) is 1.10. The van der Waals surface area contributed by atoms with Crippen LogP contribution in [-0.2, 0) is 4.79 Å². The second-order valence-electron chi connectivity index (χ2n) is 5.76. The van der Waals surface area contributed by atoms with Crippen LogP contribution in [0.4, 0.5) is 4.79 Å². The maximum Gasteiger partial charge on any atom is 0.327 e. The van der Waals surface area contributed by atoms with Crippen molar-refractivity contribution in [2.75, 3.05) is 38.7 Å². The van der Waals surface area contributed by atoms with E-state index in [2.05, 4.69) is 18.1 Å². The molecule has 1 spiro atoms. The zero-order valence-electron chi connectivity index (χ0n) is 12.9. The van der Waals surface area contributed by atoms with Crippen molar-refractivity contribution in [2.45, 2.75) is 38.3 Å². The summed E-state index contributed by atoms with van der Waals surface area (Å²) in [6.07, 6.45) is 3.64. The van der Waals surface area contributed by atoms with Crippen LogP contribution in [-0.4, -0.2) is 76.9 Å². The molecule has 2 rings (SSSR count). The Morgan fingerprint density at radius 2 is 1.90 bits per heavy atom. The molecule has 0 unspecified atom stereocenters. The SMILES string of the molecule is CCN1C(=O)N(C)C(=O)C12CCN([C@@H](C)CSC)CC2. The first-order valence-electron chi connectivity index (χ1n) is 7.30. The predicted molar refractivity (Wildman–Crippen MR) is 81.9 cm³/mol. The van der Waals surface area contributed by atoms with Gasteiger partial charge in [-0.15, -0.1) is 0 Å². The molecule has 0 saturated carbocycles. The van der Waals surface area contributed by atoms with Gasteiger partial charge in [-0.25, -0.2) is 4.79 Å². The highest BCUT2D eigenvalue weighted by molar-refractivity contribution is 7.98. The number of imide groups is 1. The van der Waals surface area contributed by atoms with Crippen molar-refractivity contribution in [1.29, 1.82) is 0 Å². The zero-order valence-corrected chi connectivity index (χ0v) is 13.7. The highest BCUT2D eigenvalue weighted by Crippen LogP contribution is 2.36. The lowest BCUT2D eigenvalue weighted by Crippen LogP contribution is -2.57. The summed E-state index contributed by atoms with van der Waals surface area (Å²) in [6.45, 7) is 6.58. The standard InChI is InChI=1S/C14H25N3O2S/c1-5-17-13(19)15(3)12(18)14(17)6-8-16(9-7-14)11(2)10-20-4/h11H,5-10H2,1-4H3/t11-/m0/s1. The molecule has 0 aromatic rings. The van der Waals surface area contributed by atoms with Gasteiger partial charge in [-0.1, -0.05) is 0 Å². The lowest BCUT2D eigenvalue weighted by Gasteiger charge is -2.43. The van der Waals surface area contributed by atoms with E-state index < -0.39 is 5.54 Å². The van der Waals surface area contributed by atoms with E-state index in [-0.39, 0.29) is 11.9 Å². The fourth-order valence-electron chi connectivity index (χ4n) is 3.48. The van der Waals surface area contributed by atoms with Crippen LogP contribution in [0.5, 0.6) is 0 Å². The van der Waals surface area contributed by atoms with Gasteiger partial charge < -0.3 is 4.90 Å². The van der Waals surface area contributed by atoms with E-state index in [0.29, 0.717) is 12.6 Å². The Morgan fingerprint density at radius 3 is 2.40 bits per heavy atom. The molecular weight excluding hydrogens is 274 g/mol. The summed E-state index contributed by atoms with van der Waals surface area (Å²) in [7, 11) is 1.60. The average Bonchev–Trinajstić information content (AvgIpc) is 2.62. The van der Waals surface area contributed by atoms with E-state index in [9.17, 15) is 9.59 Å². The molecule has 114 valence electrons. The number of rotatable bonds is 4. The Kier molecular flexibility index (Phi) is 4.64. The lowest BCUT2D eigenvalue weighted by atomic mass is 9.85. The van der Waals surface area contributed by atoms with Gasteiger partial charge in [0.2, 0.25) is 0 Å². The second kappa shape index (κ2) is 5.93. The number of amides is 3. The largest absolute Gasteiger partial charge is 0.327 e. The summed E-state index contributed by atoms with van der Waals surface area (Å²) in [4.78, 5) is 30.2. The highest BCUT2D eigenvalue weighted by atomic mass is 32.2. The number of likely N-dealkylation sites (N-methyl/N-ethyl adjacent to an activating group) is 2. The zero-order chi connectivity index (χ0) is 14.9. The third-order valence-corrected chi connectivity index (χ3v) is 5.53. The van der Waals surface area contributed by atoms with Gasteiger partial charge in [0.05, 0.1) is 0 Å². The molecule has 0 aromatic heterocycles. The van der Waals surface area contributed by atoms with Crippen LogP contribution in [0.3, 0.4) is 0 Å². The molecule has 20 heavy (non-hydrogen) atoms. The highest BCUT2D eigenvalue weighted by Gasteiger charge is 2.56. The number of thioether (sulfide) groups is 1. The van der Waals surface area contributed by atoms with Gasteiger partial charge in [-0.05, 0) is 32.9 Å². The van der Waals surface area contributed by atoms with Gasteiger partial charge in [-0.2, -0.15) is 11.8 Å². The maximum absolute atomic E-state index is 12.5. The molecule has 2 heterocycles. The molecule has 2 aliphatic heterocycles. The van der Waals surface area contributed by atoms with Crippen LogP contribution in [0.15, 0.2) is 0 Å². The first-order chi connectivity index (χ1) is 9.47. The predicted octanol–water partition coefficient (Wildman–Crippen LogP) is 1.49. The normalized spacial score (nSPS) is 24.8. The molecule has 0 aliphatic carbocycles.